The number of aliphatic hydroxyl groups excluding tert-OH is 2. The van der Waals surface area contributed by atoms with E-state index in [-0.39, 0.29) is 42.1 Å². The van der Waals surface area contributed by atoms with Crippen LogP contribution in [0.4, 0.5) is 5.69 Å². The van der Waals surface area contributed by atoms with Crippen LogP contribution in [0.15, 0.2) is 47.7 Å². The van der Waals surface area contributed by atoms with Gasteiger partial charge in [-0.25, -0.2) is 0 Å². The molecule has 0 heterocycles. The number of ketones is 2. The van der Waals surface area contributed by atoms with Crippen molar-refractivity contribution in [2.45, 2.75) is 37.9 Å². The van der Waals surface area contributed by atoms with Gasteiger partial charge < -0.3 is 31.5 Å². The Morgan fingerprint density at radius 3 is 2.35 bits per heavy atom. The summed E-state index contributed by atoms with van der Waals surface area (Å²) in [6, 6.07) is 9.99. The van der Waals surface area contributed by atoms with E-state index >= 15 is 0 Å². The van der Waals surface area contributed by atoms with Crippen molar-refractivity contribution in [3.8, 4) is 16.9 Å². The molecule has 37 heavy (non-hydrogen) atoms. The zero-order valence-electron chi connectivity index (χ0n) is 19.9. The maximum Gasteiger partial charge on any atom is 0.230 e. The van der Waals surface area contributed by atoms with Gasteiger partial charge in [-0.2, -0.15) is 0 Å². The molecular weight excluding hydrogens is 480 g/mol. The maximum atomic E-state index is 13.7. The Morgan fingerprint density at radius 2 is 1.73 bits per heavy atom. The molecule has 0 aromatic heterocycles. The average molecular weight is 507 g/mol. The highest BCUT2D eigenvalue weighted by molar-refractivity contribution is 6.16. The molecule has 7 N–H and O–H groups in total. The zero-order chi connectivity index (χ0) is 26.8. The van der Waals surface area contributed by atoms with E-state index in [9.17, 15) is 39.6 Å². The second-order valence-electron chi connectivity index (χ2n) is 9.98. The van der Waals surface area contributed by atoms with Crippen molar-refractivity contribution in [1.82, 2.24) is 0 Å². The van der Waals surface area contributed by atoms with Crippen LogP contribution in [0.3, 0.4) is 0 Å². The highest BCUT2D eigenvalue weighted by atomic mass is 16.3. The van der Waals surface area contributed by atoms with Crippen LogP contribution in [0.5, 0.6) is 5.75 Å². The number of phenolic OH excluding ortho intramolecular Hbond substituents is 1. The van der Waals surface area contributed by atoms with Crippen molar-refractivity contribution in [2.75, 3.05) is 5.32 Å². The number of fused-ring (bicyclic) bond motifs is 3. The number of Topliss-reactive ketones (excluding diaryl/α,β-unsaturated/α-hetero) is 2. The number of benzene rings is 2. The highest BCUT2D eigenvalue weighted by Gasteiger charge is 2.62. The number of anilines is 1. The van der Waals surface area contributed by atoms with Gasteiger partial charge in [0.2, 0.25) is 11.8 Å². The van der Waals surface area contributed by atoms with Crippen LogP contribution in [0, 0.1) is 17.8 Å². The normalized spacial score (nSPS) is 28.7. The SMILES string of the molecule is CC(=O)Nc1ccc(-c2ccc(O)c3c2C[C@H]2C[C@H]4CC(O)C(C(N)=O)C(=O)[C@@]4(O)C(O)=C2C3=O)cc1. The number of allylic oxidation sites excluding steroid dienone is 1. The summed E-state index contributed by atoms with van der Waals surface area (Å²) in [5.74, 6) is -7.62. The summed E-state index contributed by atoms with van der Waals surface area (Å²) < 4.78 is 0. The number of hydrogen-bond donors (Lipinski definition) is 6. The molecule has 10 heteroatoms. The number of carbonyl (C=O) groups is 4. The summed E-state index contributed by atoms with van der Waals surface area (Å²) >= 11 is 0. The van der Waals surface area contributed by atoms with Crippen LogP contribution < -0.4 is 11.1 Å². The number of primary amides is 1. The van der Waals surface area contributed by atoms with Crippen LogP contribution >= 0.6 is 0 Å². The van der Waals surface area contributed by atoms with Gasteiger partial charge in [-0.3, -0.25) is 19.2 Å². The van der Waals surface area contributed by atoms with Crippen molar-refractivity contribution < 1.29 is 39.6 Å². The van der Waals surface area contributed by atoms with Gasteiger partial charge in [0, 0.05) is 24.1 Å². The van der Waals surface area contributed by atoms with Gasteiger partial charge in [0.05, 0.1) is 11.7 Å². The van der Waals surface area contributed by atoms with Crippen LogP contribution in [-0.2, 0) is 20.8 Å². The topological polar surface area (TPSA) is 187 Å². The van der Waals surface area contributed by atoms with Crippen molar-refractivity contribution in [2.24, 2.45) is 23.5 Å². The molecule has 2 aromatic rings. The van der Waals surface area contributed by atoms with Crippen LogP contribution in [0.25, 0.3) is 11.1 Å². The second kappa shape index (κ2) is 8.53. The molecule has 0 aliphatic heterocycles. The molecule has 5 rings (SSSR count). The second-order valence-corrected chi connectivity index (χ2v) is 9.98. The minimum absolute atomic E-state index is 0.0435. The van der Waals surface area contributed by atoms with Gasteiger partial charge >= 0.3 is 0 Å². The molecule has 1 fully saturated rings. The van der Waals surface area contributed by atoms with E-state index in [2.05, 4.69) is 5.32 Å². The Morgan fingerprint density at radius 1 is 1.05 bits per heavy atom. The Hall–Kier alpha value is -4.02. The first-order valence-corrected chi connectivity index (χ1v) is 11.9. The third-order valence-corrected chi connectivity index (χ3v) is 7.79. The minimum Gasteiger partial charge on any atom is -0.508 e. The van der Waals surface area contributed by atoms with Gasteiger partial charge in [-0.15, -0.1) is 0 Å². The van der Waals surface area contributed by atoms with Crippen molar-refractivity contribution in [1.29, 1.82) is 0 Å². The lowest BCUT2D eigenvalue weighted by Crippen LogP contribution is -2.63. The molecule has 0 spiro atoms. The molecule has 192 valence electrons. The summed E-state index contributed by atoms with van der Waals surface area (Å²) in [5.41, 5.74) is 5.04. The van der Waals surface area contributed by atoms with Crippen LogP contribution in [-0.4, -0.2) is 55.5 Å². The molecule has 3 aliphatic rings. The molecule has 0 bridgehead atoms. The van der Waals surface area contributed by atoms with Gasteiger partial charge in [0.25, 0.3) is 0 Å². The molecule has 3 aliphatic carbocycles. The molecule has 2 amide bonds. The van der Waals surface area contributed by atoms with E-state index < -0.39 is 52.7 Å². The molecule has 0 saturated heterocycles. The summed E-state index contributed by atoms with van der Waals surface area (Å²) in [4.78, 5) is 49.9. The Kier molecular flexibility index (Phi) is 5.69. The molecular formula is C27H26N2O8. The summed E-state index contributed by atoms with van der Waals surface area (Å²) in [6.45, 7) is 1.40. The number of carbonyl (C=O) groups excluding carboxylic acids is 4. The summed E-state index contributed by atoms with van der Waals surface area (Å²) in [7, 11) is 0. The monoisotopic (exact) mass is 506 g/mol. The predicted molar refractivity (Wildman–Crippen MR) is 130 cm³/mol. The quantitative estimate of drug-likeness (QED) is 0.337. The molecule has 0 radical (unpaired) electrons. The zero-order valence-corrected chi connectivity index (χ0v) is 19.9. The molecule has 10 nitrogen and oxygen atoms in total. The van der Waals surface area contributed by atoms with Crippen molar-refractivity contribution in [3.63, 3.8) is 0 Å². The predicted octanol–water partition coefficient (Wildman–Crippen LogP) is 1.37. The van der Waals surface area contributed by atoms with E-state index in [1.807, 2.05) is 0 Å². The number of nitrogens with two attached hydrogens (primary N) is 1. The van der Waals surface area contributed by atoms with Gasteiger partial charge in [0.15, 0.2) is 17.2 Å². The third kappa shape index (κ3) is 3.63. The van der Waals surface area contributed by atoms with E-state index in [0.717, 1.165) is 5.56 Å². The van der Waals surface area contributed by atoms with Crippen molar-refractivity contribution >= 4 is 29.1 Å². The van der Waals surface area contributed by atoms with Gasteiger partial charge in [-0.1, -0.05) is 18.2 Å². The molecule has 2 aromatic carbocycles. The lowest BCUT2D eigenvalue weighted by atomic mass is 9.57. The first-order chi connectivity index (χ1) is 17.4. The van der Waals surface area contributed by atoms with Gasteiger partial charge in [0.1, 0.15) is 17.4 Å². The van der Waals surface area contributed by atoms with Crippen molar-refractivity contribution in [3.05, 3.63) is 58.9 Å². The van der Waals surface area contributed by atoms with Crippen LogP contribution in [0.1, 0.15) is 35.7 Å². The molecule has 2 unspecified atom stereocenters. The number of amides is 2. The van der Waals surface area contributed by atoms with Gasteiger partial charge in [-0.05, 0) is 60.1 Å². The molecule has 5 atom stereocenters. The molecule has 1 saturated carbocycles. The lowest BCUT2D eigenvalue weighted by molar-refractivity contribution is -0.167. The number of rotatable bonds is 3. The number of phenols is 1. The maximum absolute atomic E-state index is 13.7. The fourth-order valence-electron chi connectivity index (χ4n) is 6.13. The fraction of sp³-hybridized carbons (Fsp3) is 0.333. The first-order valence-electron chi connectivity index (χ1n) is 11.9. The van der Waals surface area contributed by atoms with E-state index in [4.69, 9.17) is 5.73 Å². The number of hydrogen-bond acceptors (Lipinski definition) is 8. The Labute approximate surface area is 211 Å². The Bertz CT molecular complexity index is 1400. The standard InChI is InChI=1S/C27H26N2O8/c1-11(30)29-15-4-2-12(3-5-15)16-6-7-18(31)21-17(16)9-13-8-14-10-19(32)22(26(28)36)25(35)27(14,37)24(34)20(13)23(21)33/h2-7,13-14,19,22,31-32,34,37H,8-10H2,1H3,(H2,28,36)(H,29,30)/t13-,14+,19?,22?,27+/m1/s1. The fourth-order valence-corrected chi connectivity index (χ4v) is 6.13. The number of aliphatic hydroxyl groups is 3. The first kappa shape index (κ1) is 24.7. The Balaban J connectivity index is 1.61. The van der Waals surface area contributed by atoms with E-state index in [1.54, 1.807) is 30.3 Å². The number of nitrogens with one attached hydrogen (secondary N) is 1. The van der Waals surface area contributed by atoms with Crippen LogP contribution in [0.2, 0.25) is 0 Å². The smallest absolute Gasteiger partial charge is 0.230 e. The summed E-state index contributed by atoms with van der Waals surface area (Å²) in [6.07, 6.45) is -1.28. The highest BCUT2D eigenvalue weighted by Crippen LogP contribution is 2.52. The minimum atomic E-state index is -2.54. The largest absolute Gasteiger partial charge is 0.508 e. The summed E-state index contributed by atoms with van der Waals surface area (Å²) in [5, 5.41) is 46.2. The van der Waals surface area contributed by atoms with E-state index in [1.165, 1.54) is 13.0 Å². The number of aromatic hydroxyl groups is 1. The average Bonchev–Trinajstić information content (AvgIpc) is 2.81. The van der Waals surface area contributed by atoms with E-state index in [0.29, 0.717) is 16.8 Å². The third-order valence-electron chi connectivity index (χ3n) is 7.79. The lowest BCUT2D eigenvalue weighted by Gasteiger charge is -2.48.